The van der Waals surface area contributed by atoms with Crippen LogP contribution in [0.2, 0.25) is 0 Å². The Labute approximate surface area is 122 Å². The Morgan fingerprint density at radius 2 is 1.65 bits per heavy atom. The molecule has 0 amide bonds. The molecule has 0 radical (unpaired) electrons. The van der Waals surface area contributed by atoms with Crippen LogP contribution in [0, 0.1) is 11.6 Å². The highest BCUT2D eigenvalue weighted by Crippen LogP contribution is 2.28. The van der Waals surface area contributed by atoms with Crippen LogP contribution in [-0.4, -0.2) is 12.8 Å². The van der Waals surface area contributed by atoms with Crippen LogP contribution in [0.1, 0.15) is 24.1 Å². The first-order valence-electron chi connectivity index (χ1n) is 6.48. The van der Waals surface area contributed by atoms with Crippen LogP contribution in [0.15, 0.2) is 47.4 Å². The second-order valence-electron chi connectivity index (χ2n) is 4.40. The average molecular weight is 293 g/mol. The molecule has 0 heterocycles. The van der Waals surface area contributed by atoms with Crippen LogP contribution in [0.25, 0.3) is 0 Å². The molecule has 0 aliphatic rings. The third-order valence-corrected chi connectivity index (χ3v) is 3.89. The van der Waals surface area contributed by atoms with Crippen LogP contribution in [0.4, 0.5) is 8.78 Å². The van der Waals surface area contributed by atoms with E-state index in [4.69, 9.17) is 0 Å². The van der Waals surface area contributed by atoms with Crippen molar-refractivity contribution < 1.29 is 8.78 Å². The predicted molar refractivity (Wildman–Crippen MR) is 80.1 cm³/mol. The van der Waals surface area contributed by atoms with E-state index in [2.05, 4.69) is 5.32 Å². The Hall–Kier alpha value is -1.39. The fourth-order valence-corrected chi connectivity index (χ4v) is 2.58. The molecule has 2 aromatic carbocycles. The third kappa shape index (κ3) is 3.19. The van der Waals surface area contributed by atoms with Crippen molar-refractivity contribution in [3.63, 3.8) is 0 Å². The highest BCUT2D eigenvalue weighted by Gasteiger charge is 2.20. The average Bonchev–Trinajstić information content (AvgIpc) is 2.46. The van der Waals surface area contributed by atoms with Gasteiger partial charge in [-0.25, -0.2) is 8.78 Å². The lowest BCUT2D eigenvalue weighted by atomic mass is 9.97. The van der Waals surface area contributed by atoms with Gasteiger partial charge in [-0.2, -0.15) is 0 Å². The molecule has 4 heteroatoms. The maximum Gasteiger partial charge on any atom is 0.131 e. The van der Waals surface area contributed by atoms with E-state index in [0.29, 0.717) is 6.54 Å². The van der Waals surface area contributed by atoms with Gasteiger partial charge in [0.15, 0.2) is 0 Å². The summed E-state index contributed by atoms with van der Waals surface area (Å²) in [6.07, 6.45) is 1.99. The van der Waals surface area contributed by atoms with E-state index in [1.807, 2.05) is 37.4 Å². The molecule has 0 saturated heterocycles. The number of nitrogens with one attached hydrogen (secondary N) is 1. The summed E-state index contributed by atoms with van der Waals surface area (Å²) in [5, 5.41) is 3.15. The van der Waals surface area contributed by atoms with Gasteiger partial charge < -0.3 is 5.32 Å². The van der Waals surface area contributed by atoms with Gasteiger partial charge in [0.1, 0.15) is 11.6 Å². The number of rotatable bonds is 5. The first-order valence-corrected chi connectivity index (χ1v) is 7.71. The van der Waals surface area contributed by atoms with Gasteiger partial charge in [-0.3, -0.25) is 0 Å². The van der Waals surface area contributed by atoms with E-state index in [0.717, 1.165) is 10.5 Å². The number of thioether (sulfide) groups is 1. The van der Waals surface area contributed by atoms with Gasteiger partial charge in [0.05, 0.1) is 6.04 Å². The first kappa shape index (κ1) is 15.0. The zero-order valence-electron chi connectivity index (χ0n) is 11.5. The zero-order chi connectivity index (χ0) is 14.5. The molecule has 0 aliphatic carbocycles. The van der Waals surface area contributed by atoms with Crippen LogP contribution in [-0.2, 0) is 0 Å². The first-order chi connectivity index (χ1) is 9.67. The van der Waals surface area contributed by atoms with Gasteiger partial charge in [-0.1, -0.05) is 25.1 Å². The molecule has 0 fully saturated rings. The molecule has 0 aliphatic heterocycles. The molecule has 20 heavy (non-hydrogen) atoms. The minimum Gasteiger partial charge on any atom is -0.306 e. The van der Waals surface area contributed by atoms with Crippen molar-refractivity contribution in [2.45, 2.75) is 17.9 Å². The minimum absolute atomic E-state index is 0.0752. The Morgan fingerprint density at radius 1 is 1.05 bits per heavy atom. The SMILES string of the molecule is CCNC(c1ccc(SC)cc1)c1c(F)cccc1F. The largest absolute Gasteiger partial charge is 0.306 e. The summed E-state index contributed by atoms with van der Waals surface area (Å²) in [6, 6.07) is 11.2. The summed E-state index contributed by atoms with van der Waals surface area (Å²) in [5.41, 5.74) is 0.930. The molecular formula is C16H17F2NS. The maximum absolute atomic E-state index is 14.0. The summed E-state index contributed by atoms with van der Waals surface area (Å²) in [5.74, 6) is -1.05. The highest BCUT2D eigenvalue weighted by atomic mass is 32.2. The number of hydrogen-bond donors (Lipinski definition) is 1. The van der Waals surface area contributed by atoms with Gasteiger partial charge in [0, 0.05) is 10.5 Å². The molecule has 2 rings (SSSR count). The smallest absolute Gasteiger partial charge is 0.131 e. The lowest BCUT2D eigenvalue weighted by Gasteiger charge is -2.20. The van der Waals surface area contributed by atoms with E-state index in [-0.39, 0.29) is 5.56 Å². The number of benzene rings is 2. The maximum atomic E-state index is 14.0. The molecule has 1 N–H and O–H groups in total. The fraction of sp³-hybridized carbons (Fsp3) is 0.250. The predicted octanol–water partition coefficient (Wildman–Crippen LogP) is 4.39. The molecule has 106 valence electrons. The molecule has 1 atom stereocenters. The van der Waals surface area contributed by atoms with Crippen molar-refractivity contribution in [2.24, 2.45) is 0 Å². The molecular weight excluding hydrogens is 276 g/mol. The molecule has 0 aromatic heterocycles. The van der Waals surface area contributed by atoms with E-state index < -0.39 is 17.7 Å². The third-order valence-electron chi connectivity index (χ3n) is 3.15. The number of halogens is 2. The summed E-state index contributed by atoms with van der Waals surface area (Å²) in [6.45, 7) is 2.55. The van der Waals surface area contributed by atoms with Crippen LogP contribution < -0.4 is 5.32 Å². The van der Waals surface area contributed by atoms with Crippen molar-refractivity contribution in [2.75, 3.05) is 12.8 Å². The van der Waals surface area contributed by atoms with Crippen LogP contribution in [0.3, 0.4) is 0 Å². The van der Waals surface area contributed by atoms with Crippen molar-refractivity contribution in [3.05, 3.63) is 65.2 Å². The van der Waals surface area contributed by atoms with Crippen molar-refractivity contribution in [1.29, 1.82) is 0 Å². The zero-order valence-corrected chi connectivity index (χ0v) is 12.3. The second kappa shape index (κ2) is 6.86. The normalized spacial score (nSPS) is 12.4. The molecule has 0 spiro atoms. The fourth-order valence-electron chi connectivity index (χ4n) is 2.17. The summed E-state index contributed by atoms with van der Waals surface area (Å²) in [7, 11) is 0. The standard InChI is InChI=1S/C16H17F2NS/c1-3-19-16(11-7-9-12(20-2)10-8-11)15-13(17)5-4-6-14(15)18/h4-10,16,19H,3H2,1-2H3. The minimum atomic E-state index is -0.523. The summed E-state index contributed by atoms with van der Waals surface area (Å²) >= 11 is 1.64. The van der Waals surface area contributed by atoms with E-state index in [1.165, 1.54) is 18.2 Å². The van der Waals surface area contributed by atoms with Crippen LogP contribution >= 0.6 is 11.8 Å². The van der Waals surface area contributed by atoms with Crippen molar-refractivity contribution in [1.82, 2.24) is 5.32 Å². The van der Waals surface area contributed by atoms with Crippen molar-refractivity contribution >= 4 is 11.8 Å². The lowest BCUT2D eigenvalue weighted by Crippen LogP contribution is -2.24. The monoisotopic (exact) mass is 293 g/mol. The Bertz CT molecular complexity index is 549. The summed E-state index contributed by atoms with van der Waals surface area (Å²) in [4.78, 5) is 1.12. The van der Waals surface area contributed by atoms with E-state index in [9.17, 15) is 8.78 Å². The lowest BCUT2D eigenvalue weighted by molar-refractivity contribution is 0.510. The quantitative estimate of drug-likeness (QED) is 0.821. The van der Waals surface area contributed by atoms with Gasteiger partial charge in [-0.15, -0.1) is 11.8 Å². The molecule has 0 bridgehead atoms. The van der Waals surface area contributed by atoms with E-state index >= 15 is 0 Å². The second-order valence-corrected chi connectivity index (χ2v) is 5.28. The topological polar surface area (TPSA) is 12.0 Å². The van der Waals surface area contributed by atoms with Gasteiger partial charge in [-0.05, 0) is 42.6 Å². The summed E-state index contributed by atoms with van der Waals surface area (Å²) < 4.78 is 27.9. The Balaban J connectivity index is 2.44. The van der Waals surface area contributed by atoms with Gasteiger partial charge in [0.2, 0.25) is 0 Å². The van der Waals surface area contributed by atoms with Gasteiger partial charge in [0.25, 0.3) is 0 Å². The van der Waals surface area contributed by atoms with Gasteiger partial charge >= 0.3 is 0 Å². The van der Waals surface area contributed by atoms with E-state index in [1.54, 1.807) is 11.8 Å². The van der Waals surface area contributed by atoms with Crippen LogP contribution in [0.5, 0.6) is 0 Å². The number of hydrogen-bond acceptors (Lipinski definition) is 2. The molecule has 0 saturated carbocycles. The Kier molecular flexibility index (Phi) is 5.15. The Morgan fingerprint density at radius 3 is 2.15 bits per heavy atom. The molecule has 1 unspecified atom stereocenters. The molecule has 2 aromatic rings. The highest BCUT2D eigenvalue weighted by molar-refractivity contribution is 7.98. The van der Waals surface area contributed by atoms with Crippen molar-refractivity contribution in [3.8, 4) is 0 Å². The molecule has 1 nitrogen and oxygen atoms in total.